The second-order valence-electron chi connectivity index (χ2n) is 13.5. The molecule has 9 nitrogen and oxygen atoms in total. The molecule has 53 heavy (non-hydrogen) atoms. The van der Waals surface area contributed by atoms with E-state index >= 15 is 0 Å². The summed E-state index contributed by atoms with van der Waals surface area (Å²) in [6.45, 7) is 5.62. The van der Waals surface area contributed by atoms with E-state index < -0.39 is 0 Å². The lowest BCUT2D eigenvalue weighted by Gasteiger charge is -2.26. The highest BCUT2D eigenvalue weighted by molar-refractivity contribution is 6.31. The molecule has 0 aliphatic carbocycles. The zero-order chi connectivity index (χ0) is 36.9. The molecule has 2 aromatic heterocycles. The zero-order valence-electron chi connectivity index (χ0n) is 29.5. The van der Waals surface area contributed by atoms with E-state index in [0.717, 1.165) is 78.0 Å². The first-order chi connectivity index (χ1) is 25.7. The molecule has 0 unspecified atom stereocenters. The smallest absolute Gasteiger partial charge is 0.270 e. The monoisotopic (exact) mass is 754 g/mol. The van der Waals surface area contributed by atoms with Gasteiger partial charge in [-0.2, -0.15) is 0 Å². The molecular weight excluding hydrogens is 714 g/mol. The molecule has 8 rings (SSSR count). The van der Waals surface area contributed by atoms with E-state index in [9.17, 15) is 14.0 Å². The van der Waals surface area contributed by atoms with Crippen LogP contribution < -0.4 is 15.9 Å². The molecule has 4 aromatic carbocycles. The Hall–Kier alpha value is -4.87. The Kier molecular flexibility index (Phi) is 11.3. The number of H-pyrrole nitrogens is 2. The Balaban J connectivity index is 0.000000164. The molecule has 4 heterocycles. The molecule has 0 fully saturated rings. The van der Waals surface area contributed by atoms with Crippen molar-refractivity contribution in [2.24, 2.45) is 0 Å². The number of hydrogen-bond acceptors (Lipinski definition) is 5. The third-order valence-corrected chi connectivity index (χ3v) is 10.4. The van der Waals surface area contributed by atoms with Crippen LogP contribution in [0.15, 0.2) is 107 Å². The third-order valence-electron chi connectivity index (χ3n) is 9.83. The number of ether oxygens (including phenoxy) is 1. The van der Waals surface area contributed by atoms with Crippen LogP contribution in [0.5, 0.6) is 5.75 Å². The summed E-state index contributed by atoms with van der Waals surface area (Å²) in [4.78, 5) is 30.0. The molecule has 0 atom stereocenters. The molecule has 6 aromatic rings. The van der Waals surface area contributed by atoms with Gasteiger partial charge in [0.1, 0.15) is 11.6 Å². The molecule has 12 heteroatoms. The number of nitrogens with zero attached hydrogens (tertiary/aromatic N) is 4. The normalized spacial score (nSPS) is 14.3. The maximum atomic E-state index is 13.2. The molecule has 0 bridgehead atoms. The molecule has 0 saturated carbocycles. The number of fused-ring (bicyclic) bond motifs is 2. The van der Waals surface area contributed by atoms with Crippen molar-refractivity contribution in [2.45, 2.75) is 52.1 Å². The first-order valence-electron chi connectivity index (χ1n) is 17.6. The van der Waals surface area contributed by atoms with Gasteiger partial charge in [0, 0.05) is 66.0 Å². The number of para-hydroxylation sites is 1. The first-order valence-corrected chi connectivity index (χ1v) is 18.4. The summed E-state index contributed by atoms with van der Waals surface area (Å²) in [5, 5.41) is 7.57. The minimum atomic E-state index is -0.389. The SMILES string of the molecule is COc1ccccc1CN1CCc2c([nH]n(Cc3ccccc3)c2=O)C1.O=c1c2c([nH]n1Cc1ccc(F)cc1Cl)CN(Cc1ccc(Cl)cc1)CC2. The van der Waals surface area contributed by atoms with Crippen LogP contribution in [0.2, 0.25) is 10.0 Å². The van der Waals surface area contributed by atoms with Crippen LogP contribution in [0.4, 0.5) is 4.39 Å². The van der Waals surface area contributed by atoms with Gasteiger partial charge >= 0.3 is 0 Å². The van der Waals surface area contributed by atoms with Crippen LogP contribution in [0, 0.1) is 5.82 Å². The van der Waals surface area contributed by atoms with Crippen LogP contribution in [0.3, 0.4) is 0 Å². The van der Waals surface area contributed by atoms with Crippen LogP contribution >= 0.6 is 23.2 Å². The standard InChI is InChI=1S/C21H23N3O2.C20H18Cl2FN3O/c1-26-20-10-6-5-9-17(20)14-23-12-11-18-19(15-23)22-24(21(18)25)13-16-7-3-2-4-8-16;21-15-4-1-13(2-5-15)10-25-8-7-17-19(12-25)24-26(20(17)27)11-14-3-6-16(23)9-18(14)22/h2-10,22H,11-15H2,1H3;1-6,9,24H,7-8,10-12H2. The number of benzene rings is 4. The van der Waals surface area contributed by atoms with Crippen molar-refractivity contribution in [1.82, 2.24) is 29.4 Å². The summed E-state index contributed by atoms with van der Waals surface area (Å²) in [5.74, 6) is 0.521. The molecule has 2 aliphatic rings. The summed E-state index contributed by atoms with van der Waals surface area (Å²) in [6.07, 6.45) is 1.48. The van der Waals surface area contributed by atoms with Gasteiger partial charge in [0.05, 0.1) is 31.6 Å². The van der Waals surface area contributed by atoms with Gasteiger partial charge in [-0.25, -0.2) is 13.8 Å². The second kappa shape index (κ2) is 16.4. The molecular formula is C41H41Cl2FN6O3. The van der Waals surface area contributed by atoms with E-state index in [0.29, 0.717) is 36.6 Å². The minimum absolute atomic E-state index is 0.0310. The molecule has 2 aliphatic heterocycles. The van der Waals surface area contributed by atoms with Crippen LogP contribution in [-0.2, 0) is 52.1 Å². The summed E-state index contributed by atoms with van der Waals surface area (Å²) in [5.41, 5.74) is 7.98. The average molecular weight is 756 g/mol. The Morgan fingerprint density at radius 1 is 0.660 bits per heavy atom. The predicted octanol–water partition coefficient (Wildman–Crippen LogP) is 7.02. The number of hydrogen-bond donors (Lipinski definition) is 2. The Labute approximate surface area is 317 Å². The largest absolute Gasteiger partial charge is 0.496 e. The van der Waals surface area contributed by atoms with Gasteiger partial charge in [-0.3, -0.25) is 29.6 Å². The average Bonchev–Trinajstić information content (AvgIpc) is 3.64. The van der Waals surface area contributed by atoms with Gasteiger partial charge in [0.2, 0.25) is 0 Å². The number of halogens is 3. The first kappa shape index (κ1) is 36.5. The maximum absolute atomic E-state index is 13.2. The Morgan fingerprint density at radius 3 is 1.89 bits per heavy atom. The number of nitrogens with one attached hydrogen (secondary N) is 2. The molecule has 0 radical (unpaired) electrons. The van der Waals surface area contributed by atoms with E-state index in [2.05, 4.69) is 26.1 Å². The fourth-order valence-corrected chi connectivity index (χ4v) is 7.42. The minimum Gasteiger partial charge on any atom is -0.496 e. The van der Waals surface area contributed by atoms with E-state index in [1.54, 1.807) is 22.5 Å². The van der Waals surface area contributed by atoms with Gasteiger partial charge in [-0.1, -0.05) is 89.9 Å². The highest BCUT2D eigenvalue weighted by Gasteiger charge is 2.24. The highest BCUT2D eigenvalue weighted by atomic mass is 35.5. The molecule has 274 valence electrons. The van der Waals surface area contributed by atoms with Crippen molar-refractivity contribution >= 4 is 23.2 Å². The number of aromatic nitrogens is 4. The van der Waals surface area contributed by atoms with E-state index in [1.807, 2.05) is 72.8 Å². The molecule has 2 N–H and O–H groups in total. The van der Waals surface area contributed by atoms with E-state index in [4.69, 9.17) is 27.9 Å². The Morgan fingerprint density at radius 2 is 1.25 bits per heavy atom. The summed E-state index contributed by atoms with van der Waals surface area (Å²) < 4.78 is 22.0. The van der Waals surface area contributed by atoms with E-state index in [1.165, 1.54) is 23.3 Å². The topological polar surface area (TPSA) is 91.3 Å². The fraction of sp³-hybridized carbons (Fsp3) is 0.268. The third kappa shape index (κ3) is 8.69. The quantitative estimate of drug-likeness (QED) is 0.166. The van der Waals surface area contributed by atoms with Crippen LogP contribution in [-0.4, -0.2) is 49.6 Å². The van der Waals surface area contributed by atoms with Crippen LogP contribution in [0.1, 0.15) is 44.8 Å². The Bertz CT molecular complexity index is 2300. The van der Waals surface area contributed by atoms with Crippen molar-refractivity contribution in [3.8, 4) is 5.75 Å². The van der Waals surface area contributed by atoms with Crippen molar-refractivity contribution in [2.75, 3.05) is 20.2 Å². The van der Waals surface area contributed by atoms with Crippen molar-refractivity contribution in [1.29, 1.82) is 0 Å². The van der Waals surface area contributed by atoms with Gasteiger partial charge in [0.15, 0.2) is 0 Å². The molecule has 0 saturated heterocycles. The molecule has 0 spiro atoms. The lowest BCUT2D eigenvalue weighted by atomic mass is 10.1. The highest BCUT2D eigenvalue weighted by Crippen LogP contribution is 2.24. The lowest BCUT2D eigenvalue weighted by molar-refractivity contribution is 0.238. The number of methoxy groups -OCH3 is 1. The van der Waals surface area contributed by atoms with Gasteiger partial charge in [-0.05, 0) is 59.9 Å². The lowest BCUT2D eigenvalue weighted by Crippen LogP contribution is -2.31. The summed E-state index contributed by atoms with van der Waals surface area (Å²) in [6, 6.07) is 30.2. The predicted molar refractivity (Wildman–Crippen MR) is 206 cm³/mol. The van der Waals surface area contributed by atoms with Crippen LogP contribution in [0.25, 0.3) is 0 Å². The maximum Gasteiger partial charge on any atom is 0.270 e. The van der Waals surface area contributed by atoms with Gasteiger partial charge in [0.25, 0.3) is 11.1 Å². The van der Waals surface area contributed by atoms with Crippen molar-refractivity contribution in [3.63, 3.8) is 0 Å². The summed E-state index contributed by atoms with van der Waals surface area (Å²) >= 11 is 12.0. The van der Waals surface area contributed by atoms with E-state index in [-0.39, 0.29) is 16.9 Å². The van der Waals surface area contributed by atoms with Crippen molar-refractivity contribution in [3.05, 3.63) is 178 Å². The van der Waals surface area contributed by atoms with Crippen molar-refractivity contribution < 1.29 is 9.13 Å². The second-order valence-corrected chi connectivity index (χ2v) is 14.3. The number of rotatable bonds is 9. The van der Waals surface area contributed by atoms with Gasteiger partial charge < -0.3 is 4.74 Å². The summed E-state index contributed by atoms with van der Waals surface area (Å²) in [7, 11) is 1.70. The zero-order valence-corrected chi connectivity index (χ0v) is 31.0. The molecule has 0 amide bonds. The van der Waals surface area contributed by atoms with Gasteiger partial charge in [-0.15, -0.1) is 0 Å². The number of aromatic amines is 2. The fourth-order valence-electron chi connectivity index (χ4n) is 7.07.